The number of hydrogen-bond acceptors (Lipinski definition) is 4. The Morgan fingerprint density at radius 2 is 1.73 bits per heavy atom. The molecule has 5 heteroatoms. The molecule has 118 valence electrons. The fourth-order valence-electron chi connectivity index (χ4n) is 3.85. The van der Waals surface area contributed by atoms with Crippen molar-refractivity contribution >= 4 is 39.0 Å². The molecule has 0 amide bonds. The smallest absolute Gasteiger partial charge is 0.225 e. The number of rotatable bonds is 2. The molecule has 3 nitrogen and oxygen atoms in total. The molecule has 0 spiro atoms. The highest BCUT2D eigenvalue weighted by molar-refractivity contribution is 7.19. The van der Waals surface area contributed by atoms with Crippen LogP contribution in [0.3, 0.4) is 0 Å². The zero-order chi connectivity index (χ0) is 14.9. The van der Waals surface area contributed by atoms with Gasteiger partial charge in [-0.1, -0.05) is 25.7 Å². The predicted octanol–water partition coefficient (Wildman–Crippen LogP) is 5.36. The third-order valence-corrected chi connectivity index (χ3v) is 6.34. The summed E-state index contributed by atoms with van der Waals surface area (Å²) in [5, 5.41) is 5.33. The maximum Gasteiger partial charge on any atom is 0.225 e. The Morgan fingerprint density at radius 1 is 0.955 bits per heavy atom. The van der Waals surface area contributed by atoms with Crippen LogP contribution in [-0.4, -0.2) is 16.0 Å². The fourth-order valence-corrected chi connectivity index (χ4v) is 5.33. The van der Waals surface area contributed by atoms with Crippen LogP contribution in [0.5, 0.6) is 0 Å². The minimum atomic E-state index is 0.377. The van der Waals surface area contributed by atoms with E-state index in [-0.39, 0.29) is 0 Å². The molecule has 2 aliphatic carbocycles. The summed E-state index contributed by atoms with van der Waals surface area (Å²) in [4.78, 5) is 11.6. The molecule has 0 aromatic carbocycles. The van der Waals surface area contributed by atoms with Gasteiger partial charge in [0.1, 0.15) is 10.6 Å². The Morgan fingerprint density at radius 3 is 2.59 bits per heavy atom. The number of fused-ring (bicyclic) bond motifs is 3. The van der Waals surface area contributed by atoms with Crippen LogP contribution in [0.1, 0.15) is 61.8 Å². The Balaban J connectivity index is 1.76. The van der Waals surface area contributed by atoms with Gasteiger partial charge in [0.05, 0.1) is 5.39 Å². The highest BCUT2D eigenvalue weighted by atomic mass is 35.5. The summed E-state index contributed by atoms with van der Waals surface area (Å²) in [7, 11) is 0. The highest BCUT2D eigenvalue weighted by Crippen LogP contribution is 2.39. The Labute approximate surface area is 140 Å². The molecular formula is C17H22ClN3S. The minimum absolute atomic E-state index is 0.377. The SMILES string of the molecule is Clc1nc(NC2CCCCC2)c2c3c(sc2n1)CCCCC3. The lowest BCUT2D eigenvalue weighted by atomic mass is 9.95. The van der Waals surface area contributed by atoms with E-state index in [4.69, 9.17) is 11.6 Å². The standard InChI is InChI=1S/C17H22ClN3S/c18-17-20-15(19-11-7-3-1-4-8-11)14-12-9-5-2-6-10-13(12)22-16(14)21-17/h11H,1-10H2,(H,19,20,21). The second-order valence-electron chi connectivity index (χ2n) is 6.57. The third-order valence-electron chi connectivity index (χ3n) is 4.98. The van der Waals surface area contributed by atoms with Gasteiger partial charge in [0, 0.05) is 10.9 Å². The number of nitrogens with one attached hydrogen (secondary N) is 1. The number of anilines is 1. The van der Waals surface area contributed by atoms with Crippen LogP contribution in [-0.2, 0) is 12.8 Å². The quantitative estimate of drug-likeness (QED) is 0.593. The molecule has 1 saturated carbocycles. The maximum absolute atomic E-state index is 6.18. The first kappa shape index (κ1) is 14.7. The number of hydrogen-bond donors (Lipinski definition) is 1. The molecule has 1 N–H and O–H groups in total. The summed E-state index contributed by atoms with van der Waals surface area (Å²) in [6.07, 6.45) is 12.8. The van der Waals surface area contributed by atoms with Gasteiger partial charge in [-0.05, 0) is 55.7 Å². The van der Waals surface area contributed by atoms with Crippen LogP contribution in [0.25, 0.3) is 10.2 Å². The summed E-state index contributed by atoms with van der Waals surface area (Å²) in [6, 6.07) is 0.546. The number of halogens is 1. The lowest BCUT2D eigenvalue weighted by Gasteiger charge is -2.23. The average Bonchev–Trinajstić information content (AvgIpc) is 2.70. The van der Waals surface area contributed by atoms with Crippen molar-refractivity contribution in [1.29, 1.82) is 0 Å². The Bertz CT molecular complexity index is 676. The van der Waals surface area contributed by atoms with Gasteiger partial charge in [-0.15, -0.1) is 11.3 Å². The van der Waals surface area contributed by atoms with E-state index in [9.17, 15) is 0 Å². The maximum atomic E-state index is 6.18. The molecule has 0 unspecified atom stereocenters. The van der Waals surface area contributed by atoms with E-state index in [0.717, 1.165) is 10.6 Å². The van der Waals surface area contributed by atoms with Gasteiger partial charge in [-0.2, -0.15) is 0 Å². The van der Waals surface area contributed by atoms with Crippen LogP contribution in [0.15, 0.2) is 0 Å². The lowest BCUT2D eigenvalue weighted by molar-refractivity contribution is 0.462. The Kier molecular flexibility index (Phi) is 4.23. The summed E-state index contributed by atoms with van der Waals surface area (Å²) < 4.78 is 0. The fraction of sp³-hybridized carbons (Fsp3) is 0.647. The molecular weight excluding hydrogens is 314 g/mol. The molecule has 1 fully saturated rings. The first-order chi connectivity index (χ1) is 10.8. The van der Waals surface area contributed by atoms with E-state index in [0.29, 0.717) is 11.3 Å². The molecule has 0 aliphatic heterocycles. The average molecular weight is 336 g/mol. The summed E-state index contributed by atoms with van der Waals surface area (Å²) in [5.41, 5.74) is 1.49. The van der Waals surface area contributed by atoms with Crippen molar-refractivity contribution < 1.29 is 0 Å². The molecule has 0 radical (unpaired) electrons. The molecule has 22 heavy (non-hydrogen) atoms. The second-order valence-corrected chi connectivity index (χ2v) is 7.99. The zero-order valence-corrected chi connectivity index (χ0v) is 14.4. The molecule has 2 heterocycles. The van der Waals surface area contributed by atoms with Crippen molar-refractivity contribution in [2.24, 2.45) is 0 Å². The molecule has 2 aromatic heterocycles. The van der Waals surface area contributed by atoms with Gasteiger partial charge in [0.15, 0.2) is 0 Å². The van der Waals surface area contributed by atoms with Gasteiger partial charge < -0.3 is 5.32 Å². The van der Waals surface area contributed by atoms with Crippen molar-refractivity contribution in [2.75, 3.05) is 5.32 Å². The first-order valence-corrected chi connectivity index (χ1v) is 9.75. The van der Waals surface area contributed by atoms with Gasteiger partial charge in [-0.3, -0.25) is 0 Å². The van der Waals surface area contributed by atoms with Crippen LogP contribution >= 0.6 is 22.9 Å². The van der Waals surface area contributed by atoms with Crippen molar-refractivity contribution in [3.8, 4) is 0 Å². The Hall–Kier alpha value is -0.870. The van der Waals surface area contributed by atoms with Crippen molar-refractivity contribution in [3.63, 3.8) is 0 Å². The van der Waals surface area contributed by atoms with Crippen molar-refractivity contribution in [3.05, 3.63) is 15.7 Å². The minimum Gasteiger partial charge on any atom is -0.367 e. The zero-order valence-electron chi connectivity index (χ0n) is 12.8. The van der Waals surface area contributed by atoms with E-state index in [1.165, 1.54) is 80.0 Å². The van der Waals surface area contributed by atoms with Crippen LogP contribution in [0.2, 0.25) is 5.28 Å². The number of thiophene rings is 1. The third kappa shape index (κ3) is 2.83. The van der Waals surface area contributed by atoms with E-state index >= 15 is 0 Å². The topological polar surface area (TPSA) is 37.8 Å². The molecule has 2 aliphatic rings. The number of aromatic nitrogens is 2. The number of nitrogens with zero attached hydrogens (tertiary/aromatic N) is 2. The summed E-state index contributed by atoms with van der Waals surface area (Å²) in [5.74, 6) is 0.987. The van der Waals surface area contributed by atoms with Gasteiger partial charge in [0.2, 0.25) is 5.28 Å². The summed E-state index contributed by atoms with van der Waals surface area (Å²) >= 11 is 8.01. The largest absolute Gasteiger partial charge is 0.367 e. The number of aryl methyl sites for hydroxylation is 2. The van der Waals surface area contributed by atoms with E-state index in [1.807, 2.05) is 11.3 Å². The van der Waals surface area contributed by atoms with Gasteiger partial charge in [0.25, 0.3) is 0 Å². The van der Waals surface area contributed by atoms with E-state index in [1.54, 1.807) is 0 Å². The predicted molar refractivity (Wildman–Crippen MR) is 94.2 cm³/mol. The summed E-state index contributed by atoms with van der Waals surface area (Å²) in [6.45, 7) is 0. The first-order valence-electron chi connectivity index (χ1n) is 8.55. The van der Waals surface area contributed by atoms with Crippen molar-refractivity contribution in [1.82, 2.24) is 9.97 Å². The van der Waals surface area contributed by atoms with Gasteiger partial charge >= 0.3 is 0 Å². The van der Waals surface area contributed by atoms with E-state index in [2.05, 4.69) is 15.3 Å². The lowest BCUT2D eigenvalue weighted by Crippen LogP contribution is -2.23. The van der Waals surface area contributed by atoms with Gasteiger partial charge in [-0.25, -0.2) is 9.97 Å². The molecule has 0 saturated heterocycles. The molecule has 0 bridgehead atoms. The molecule has 2 aromatic rings. The normalized spacial score (nSPS) is 19.9. The van der Waals surface area contributed by atoms with E-state index < -0.39 is 0 Å². The highest BCUT2D eigenvalue weighted by Gasteiger charge is 2.22. The second kappa shape index (κ2) is 6.32. The van der Waals surface area contributed by atoms with Crippen LogP contribution in [0.4, 0.5) is 5.82 Å². The van der Waals surface area contributed by atoms with Crippen LogP contribution < -0.4 is 5.32 Å². The monoisotopic (exact) mass is 335 g/mol. The van der Waals surface area contributed by atoms with Crippen LogP contribution in [0, 0.1) is 0 Å². The molecule has 4 rings (SSSR count). The van der Waals surface area contributed by atoms with Crippen molar-refractivity contribution in [2.45, 2.75) is 70.3 Å². The molecule has 0 atom stereocenters.